The van der Waals surface area contributed by atoms with E-state index < -0.39 is 23.3 Å². The van der Waals surface area contributed by atoms with Crippen LogP contribution in [0.2, 0.25) is 0 Å². The van der Waals surface area contributed by atoms with Crippen molar-refractivity contribution < 1.29 is 19.4 Å². The number of aliphatic imine (C=N–C) groups is 1. The van der Waals surface area contributed by atoms with Crippen LogP contribution in [0.3, 0.4) is 0 Å². The van der Waals surface area contributed by atoms with Crippen LogP contribution in [-0.2, 0) is 4.74 Å². The number of nitrogens with zero attached hydrogens (tertiary/aromatic N) is 4. The lowest BCUT2D eigenvalue weighted by Gasteiger charge is -2.33. The SMILES string of the molecule is CC(C)(C)OC(=O)/N=C(\N(C(=O)O)C(C)(C)C)n1cccn1. The van der Waals surface area contributed by atoms with Crippen LogP contribution in [0.4, 0.5) is 9.59 Å². The highest BCUT2D eigenvalue weighted by atomic mass is 16.6. The molecule has 0 unspecified atom stereocenters. The van der Waals surface area contributed by atoms with E-state index in [1.165, 1.54) is 17.1 Å². The molecule has 0 fully saturated rings. The van der Waals surface area contributed by atoms with E-state index >= 15 is 0 Å². The zero-order valence-electron chi connectivity index (χ0n) is 13.7. The Balaban J connectivity index is 3.31. The molecule has 1 rings (SSSR count). The summed E-state index contributed by atoms with van der Waals surface area (Å²) in [6.45, 7) is 10.2. The molecule has 1 N–H and O–H groups in total. The molecular weight excluding hydrogens is 288 g/mol. The van der Waals surface area contributed by atoms with Crippen molar-refractivity contribution in [1.29, 1.82) is 0 Å². The average molecular weight is 310 g/mol. The Kier molecular flexibility index (Phi) is 4.95. The van der Waals surface area contributed by atoms with Gasteiger partial charge in [-0.25, -0.2) is 19.2 Å². The number of hydrogen-bond acceptors (Lipinski definition) is 4. The van der Waals surface area contributed by atoms with Crippen LogP contribution in [-0.4, -0.2) is 49.1 Å². The number of amides is 2. The molecule has 0 aromatic carbocycles. The molecule has 1 heterocycles. The molecule has 22 heavy (non-hydrogen) atoms. The highest BCUT2D eigenvalue weighted by Gasteiger charge is 2.33. The molecule has 0 radical (unpaired) electrons. The lowest BCUT2D eigenvalue weighted by atomic mass is 10.1. The van der Waals surface area contributed by atoms with Gasteiger partial charge in [0.25, 0.3) is 0 Å². The van der Waals surface area contributed by atoms with E-state index in [9.17, 15) is 14.7 Å². The standard InChI is InChI=1S/C14H22N4O4/c1-13(2,3)18(12(20)21)10(17-9-7-8-15-17)16-11(19)22-14(4,5)6/h7-9H,1-6H3,(H,20,21)/b16-10-. The van der Waals surface area contributed by atoms with Crippen molar-refractivity contribution in [2.75, 3.05) is 0 Å². The van der Waals surface area contributed by atoms with Crippen molar-refractivity contribution in [3.05, 3.63) is 18.5 Å². The van der Waals surface area contributed by atoms with Crippen LogP contribution >= 0.6 is 0 Å². The third-order valence-electron chi connectivity index (χ3n) is 2.36. The molecule has 2 amide bonds. The summed E-state index contributed by atoms with van der Waals surface area (Å²) in [5.41, 5.74) is -1.55. The summed E-state index contributed by atoms with van der Waals surface area (Å²) >= 11 is 0. The van der Waals surface area contributed by atoms with Gasteiger partial charge in [-0.2, -0.15) is 5.10 Å². The first kappa shape index (κ1) is 17.7. The highest BCUT2D eigenvalue weighted by molar-refractivity contribution is 5.99. The van der Waals surface area contributed by atoms with Gasteiger partial charge in [-0.3, -0.25) is 0 Å². The number of carbonyl (C=O) groups excluding carboxylic acids is 1. The van der Waals surface area contributed by atoms with E-state index in [4.69, 9.17) is 4.74 Å². The number of carbonyl (C=O) groups is 2. The highest BCUT2D eigenvalue weighted by Crippen LogP contribution is 2.16. The van der Waals surface area contributed by atoms with Crippen LogP contribution in [0.5, 0.6) is 0 Å². The van der Waals surface area contributed by atoms with Gasteiger partial charge >= 0.3 is 12.2 Å². The fourth-order valence-corrected chi connectivity index (χ4v) is 1.63. The molecule has 8 heteroatoms. The third kappa shape index (κ3) is 4.87. The summed E-state index contributed by atoms with van der Waals surface area (Å²) in [6.07, 6.45) is 0.844. The van der Waals surface area contributed by atoms with Crippen molar-refractivity contribution in [3.63, 3.8) is 0 Å². The Morgan fingerprint density at radius 2 is 1.82 bits per heavy atom. The fraction of sp³-hybridized carbons (Fsp3) is 0.571. The number of rotatable bonds is 0. The van der Waals surface area contributed by atoms with E-state index in [1.54, 1.807) is 47.6 Å². The second kappa shape index (κ2) is 6.17. The van der Waals surface area contributed by atoms with E-state index in [0.29, 0.717) is 0 Å². The van der Waals surface area contributed by atoms with E-state index in [0.717, 1.165) is 4.90 Å². The van der Waals surface area contributed by atoms with E-state index in [2.05, 4.69) is 10.1 Å². The molecule has 0 spiro atoms. The molecule has 0 aliphatic heterocycles. The van der Waals surface area contributed by atoms with Crippen molar-refractivity contribution in [3.8, 4) is 0 Å². The van der Waals surface area contributed by atoms with Crippen molar-refractivity contribution in [1.82, 2.24) is 14.7 Å². The van der Waals surface area contributed by atoms with Crippen molar-refractivity contribution in [2.24, 2.45) is 4.99 Å². The summed E-state index contributed by atoms with van der Waals surface area (Å²) in [7, 11) is 0. The Labute approximate surface area is 129 Å². The molecule has 0 aliphatic carbocycles. The molecule has 8 nitrogen and oxygen atoms in total. The van der Waals surface area contributed by atoms with Gasteiger partial charge in [0.1, 0.15) is 5.60 Å². The molecule has 0 bridgehead atoms. The Morgan fingerprint density at radius 3 is 2.18 bits per heavy atom. The third-order valence-corrected chi connectivity index (χ3v) is 2.36. The summed E-state index contributed by atoms with van der Waals surface area (Å²) in [5, 5.41) is 13.4. The monoisotopic (exact) mass is 310 g/mol. The minimum atomic E-state index is -1.25. The van der Waals surface area contributed by atoms with E-state index in [-0.39, 0.29) is 5.96 Å². The summed E-state index contributed by atoms with van der Waals surface area (Å²) < 4.78 is 6.33. The maximum atomic E-state index is 11.9. The fourth-order valence-electron chi connectivity index (χ4n) is 1.63. The second-order valence-corrected chi connectivity index (χ2v) is 6.63. The number of aromatic nitrogens is 2. The number of carboxylic acid groups (broad SMARTS) is 1. The van der Waals surface area contributed by atoms with Crippen LogP contribution in [0, 0.1) is 0 Å². The van der Waals surface area contributed by atoms with Crippen LogP contribution < -0.4 is 0 Å². The average Bonchev–Trinajstić information content (AvgIpc) is 2.75. The lowest BCUT2D eigenvalue weighted by Crippen LogP contribution is -2.51. The van der Waals surface area contributed by atoms with Gasteiger partial charge in [0, 0.05) is 17.9 Å². The first-order chi connectivity index (χ1) is 9.92. The number of ether oxygens (including phenoxy) is 1. The van der Waals surface area contributed by atoms with Crippen LogP contribution in [0.15, 0.2) is 23.5 Å². The molecule has 0 saturated heterocycles. The minimum Gasteiger partial charge on any atom is -0.465 e. The quantitative estimate of drug-likeness (QED) is 0.587. The summed E-state index contributed by atoms with van der Waals surface area (Å²) in [5.74, 6) is -0.140. The predicted octanol–water partition coefficient (Wildman–Crippen LogP) is 2.80. The zero-order chi connectivity index (χ0) is 17.1. The molecule has 1 aromatic heterocycles. The Morgan fingerprint density at radius 1 is 1.23 bits per heavy atom. The second-order valence-electron chi connectivity index (χ2n) is 6.63. The Bertz CT molecular complexity index is 565. The smallest absolute Gasteiger partial charge is 0.437 e. The summed E-state index contributed by atoms with van der Waals surface area (Å²) in [4.78, 5) is 28.3. The normalized spacial score (nSPS) is 12.9. The molecule has 0 saturated carbocycles. The maximum Gasteiger partial charge on any atom is 0.437 e. The van der Waals surface area contributed by atoms with Gasteiger partial charge in [0.05, 0.1) is 0 Å². The van der Waals surface area contributed by atoms with Gasteiger partial charge < -0.3 is 9.84 Å². The summed E-state index contributed by atoms with van der Waals surface area (Å²) in [6, 6.07) is 1.60. The first-order valence-electron chi connectivity index (χ1n) is 6.76. The molecule has 0 aliphatic rings. The Hall–Kier alpha value is -2.38. The lowest BCUT2D eigenvalue weighted by molar-refractivity contribution is 0.0599. The first-order valence-corrected chi connectivity index (χ1v) is 6.76. The van der Waals surface area contributed by atoms with Crippen molar-refractivity contribution in [2.45, 2.75) is 52.7 Å². The van der Waals surface area contributed by atoms with Crippen molar-refractivity contribution >= 4 is 18.1 Å². The van der Waals surface area contributed by atoms with E-state index in [1.807, 2.05) is 0 Å². The number of hydrogen-bond donors (Lipinski definition) is 1. The molecule has 122 valence electrons. The topological polar surface area (TPSA) is 97.0 Å². The van der Waals surface area contributed by atoms with Crippen LogP contribution in [0.25, 0.3) is 0 Å². The van der Waals surface area contributed by atoms with Gasteiger partial charge in [0.15, 0.2) is 0 Å². The molecule has 1 aromatic rings. The van der Waals surface area contributed by atoms with Crippen LogP contribution in [0.1, 0.15) is 41.5 Å². The molecule has 0 atom stereocenters. The van der Waals surface area contributed by atoms with Gasteiger partial charge in [-0.15, -0.1) is 4.99 Å². The minimum absolute atomic E-state index is 0.140. The van der Waals surface area contributed by atoms with Gasteiger partial charge in [-0.1, -0.05) is 0 Å². The van der Waals surface area contributed by atoms with Gasteiger partial charge in [-0.05, 0) is 47.6 Å². The largest absolute Gasteiger partial charge is 0.465 e. The maximum absolute atomic E-state index is 11.9. The van der Waals surface area contributed by atoms with Gasteiger partial charge in [0.2, 0.25) is 5.96 Å². The zero-order valence-corrected chi connectivity index (χ0v) is 13.7. The molecular formula is C14H22N4O4. The predicted molar refractivity (Wildman–Crippen MR) is 80.9 cm³/mol.